The third-order valence-electron chi connectivity index (χ3n) is 9.07. The molecule has 208 valence electrons. The summed E-state index contributed by atoms with van der Waals surface area (Å²) in [6.45, 7) is 9.47. The van der Waals surface area contributed by atoms with Gasteiger partial charge in [0.1, 0.15) is 17.4 Å². The van der Waals surface area contributed by atoms with Gasteiger partial charge in [0.05, 0.1) is 10.9 Å². The second-order valence-electron chi connectivity index (χ2n) is 11.9. The van der Waals surface area contributed by atoms with Gasteiger partial charge in [-0.05, 0) is 80.0 Å². The van der Waals surface area contributed by atoms with Gasteiger partial charge in [0.25, 0.3) is 0 Å². The smallest absolute Gasteiger partial charge is 0.310 e. The van der Waals surface area contributed by atoms with Crippen molar-refractivity contribution in [3.63, 3.8) is 0 Å². The molecule has 4 aromatic rings. The van der Waals surface area contributed by atoms with Crippen LogP contribution in [0, 0.1) is 12.3 Å². The van der Waals surface area contributed by atoms with Crippen molar-refractivity contribution in [2.24, 2.45) is 12.5 Å². The molecular weight excluding hydrogens is 502 g/mol. The zero-order valence-electron chi connectivity index (χ0n) is 23.9. The van der Waals surface area contributed by atoms with E-state index in [1.54, 1.807) is 10.9 Å². The van der Waals surface area contributed by atoms with Crippen LogP contribution in [0.3, 0.4) is 0 Å². The van der Waals surface area contributed by atoms with E-state index < -0.39 is 11.4 Å². The monoisotopic (exact) mass is 539 g/mol. The van der Waals surface area contributed by atoms with Gasteiger partial charge in [-0.15, -0.1) is 5.10 Å². The van der Waals surface area contributed by atoms with Gasteiger partial charge >= 0.3 is 5.97 Å². The van der Waals surface area contributed by atoms with E-state index in [4.69, 9.17) is 4.74 Å². The summed E-state index contributed by atoms with van der Waals surface area (Å²) in [6.07, 6.45) is 6.79. The number of hydrogen-bond acceptors (Lipinski definition) is 6. The molecule has 2 aromatic carbocycles. The Morgan fingerprint density at radius 1 is 1.20 bits per heavy atom. The van der Waals surface area contributed by atoms with E-state index in [1.165, 1.54) is 11.1 Å². The fraction of sp³-hybridized carbons (Fsp3) is 0.438. The average molecular weight is 540 g/mol. The maximum Gasteiger partial charge on any atom is 0.310 e. The highest BCUT2D eigenvalue weighted by Gasteiger charge is 2.41. The summed E-state index contributed by atoms with van der Waals surface area (Å²) in [6, 6.07) is 12.9. The number of aromatic nitrogens is 4. The molecule has 6 rings (SSSR count). The summed E-state index contributed by atoms with van der Waals surface area (Å²) in [5, 5.41) is 19.0. The number of hydrogen-bond donors (Lipinski definition) is 1. The van der Waals surface area contributed by atoms with Gasteiger partial charge in [-0.3, -0.25) is 14.7 Å². The molecule has 1 aliphatic heterocycles. The number of benzene rings is 2. The van der Waals surface area contributed by atoms with Crippen LogP contribution < -0.4 is 4.74 Å². The highest BCUT2D eigenvalue weighted by atomic mass is 16.5. The quantitative estimate of drug-likeness (QED) is 0.342. The Kier molecular flexibility index (Phi) is 6.61. The summed E-state index contributed by atoms with van der Waals surface area (Å²) >= 11 is 0. The molecule has 0 saturated carbocycles. The van der Waals surface area contributed by atoms with E-state index in [0.717, 1.165) is 71.4 Å². The maximum absolute atomic E-state index is 12.7. The van der Waals surface area contributed by atoms with Crippen LogP contribution in [0.5, 0.6) is 5.75 Å². The van der Waals surface area contributed by atoms with Gasteiger partial charge in [0, 0.05) is 50.1 Å². The van der Waals surface area contributed by atoms with Crippen LogP contribution in [0.2, 0.25) is 0 Å². The fourth-order valence-electron chi connectivity index (χ4n) is 6.69. The second-order valence-corrected chi connectivity index (χ2v) is 11.9. The molecular formula is C32H37N5O3. The SMILES string of the molecule is CC[C@@H]1CN([C@H]2CCc3ccc([C@@H](c4ccc5c(nnn5C)c4C)C(C)(C)C(=O)O)cc32)Cc2cnccc2O1. The Hall–Kier alpha value is -3.78. The van der Waals surface area contributed by atoms with Crippen LogP contribution in [-0.4, -0.2) is 48.6 Å². The Labute approximate surface area is 235 Å². The standard InChI is InChI=1S/C32H37N5O3/c1-6-23-18-37(17-22-16-33-14-13-28(22)40-23)26-11-9-20-7-8-21(15-25(20)26)29(32(3,4)31(38)39)24-10-12-27-30(19(24)2)34-35-36(27)5/h7-8,10,12-16,23,26,29H,6,9,11,17-18H2,1-5H3,(H,38,39)/t23-,26+,29+/m1/s1. The van der Waals surface area contributed by atoms with E-state index in [-0.39, 0.29) is 18.1 Å². The number of carboxylic acids is 1. The molecule has 8 nitrogen and oxygen atoms in total. The van der Waals surface area contributed by atoms with Crippen molar-refractivity contribution >= 4 is 17.0 Å². The predicted octanol–water partition coefficient (Wildman–Crippen LogP) is 5.57. The lowest BCUT2D eigenvalue weighted by Crippen LogP contribution is -2.35. The molecule has 40 heavy (non-hydrogen) atoms. The van der Waals surface area contributed by atoms with E-state index in [1.807, 2.05) is 46.1 Å². The molecule has 0 amide bonds. The lowest BCUT2D eigenvalue weighted by molar-refractivity contribution is -0.147. The topological polar surface area (TPSA) is 93.4 Å². The minimum atomic E-state index is -1.04. The molecule has 2 aromatic heterocycles. The first-order valence-corrected chi connectivity index (χ1v) is 14.2. The van der Waals surface area contributed by atoms with E-state index in [9.17, 15) is 9.90 Å². The Morgan fingerprint density at radius 3 is 2.80 bits per heavy atom. The van der Waals surface area contributed by atoms with E-state index in [2.05, 4.69) is 51.4 Å². The van der Waals surface area contributed by atoms with Crippen molar-refractivity contribution in [2.45, 2.75) is 71.6 Å². The maximum atomic E-state index is 12.7. The van der Waals surface area contributed by atoms with Gasteiger partial charge in [-0.1, -0.05) is 36.4 Å². The number of carboxylic acid groups (broad SMARTS) is 1. The van der Waals surface area contributed by atoms with Crippen molar-refractivity contribution in [1.82, 2.24) is 24.9 Å². The number of carbonyl (C=O) groups is 1. The molecule has 3 heterocycles. The van der Waals surface area contributed by atoms with Crippen molar-refractivity contribution < 1.29 is 14.6 Å². The van der Waals surface area contributed by atoms with Gasteiger partial charge in [0.2, 0.25) is 0 Å². The Balaban J connectivity index is 1.44. The molecule has 0 unspecified atom stereocenters. The van der Waals surface area contributed by atoms with Crippen molar-refractivity contribution in [3.05, 3.63) is 82.2 Å². The highest BCUT2D eigenvalue weighted by Crippen LogP contribution is 2.46. The minimum Gasteiger partial charge on any atom is -0.489 e. The normalized spacial score (nSPS) is 20.0. The molecule has 8 heteroatoms. The molecule has 0 fully saturated rings. The molecule has 0 bridgehead atoms. The lowest BCUT2D eigenvalue weighted by atomic mass is 9.69. The highest BCUT2D eigenvalue weighted by molar-refractivity contribution is 5.81. The van der Waals surface area contributed by atoms with E-state index >= 15 is 0 Å². The van der Waals surface area contributed by atoms with Crippen molar-refractivity contribution in [3.8, 4) is 5.75 Å². The minimum absolute atomic E-state index is 0.107. The molecule has 1 aliphatic carbocycles. The van der Waals surface area contributed by atoms with Crippen molar-refractivity contribution in [2.75, 3.05) is 6.54 Å². The first-order chi connectivity index (χ1) is 19.2. The number of aliphatic carboxylic acids is 1. The van der Waals surface area contributed by atoms with Crippen LogP contribution in [0.4, 0.5) is 0 Å². The third-order valence-corrected chi connectivity index (χ3v) is 9.07. The molecule has 0 radical (unpaired) electrons. The van der Waals surface area contributed by atoms with Crippen LogP contribution in [0.1, 0.15) is 79.0 Å². The molecule has 0 saturated heterocycles. The number of rotatable bonds is 6. The summed E-state index contributed by atoms with van der Waals surface area (Å²) in [7, 11) is 1.87. The molecule has 2 aliphatic rings. The second kappa shape index (κ2) is 10.0. The van der Waals surface area contributed by atoms with E-state index in [0.29, 0.717) is 0 Å². The number of aryl methyl sites for hydroxylation is 3. The van der Waals surface area contributed by atoms with Crippen LogP contribution >= 0.6 is 0 Å². The molecule has 1 N–H and O–H groups in total. The summed E-state index contributed by atoms with van der Waals surface area (Å²) < 4.78 is 8.12. The van der Waals surface area contributed by atoms with Gasteiger partial charge in [-0.25, -0.2) is 4.68 Å². The average Bonchev–Trinajstić information content (AvgIpc) is 3.47. The van der Waals surface area contributed by atoms with Crippen molar-refractivity contribution in [1.29, 1.82) is 0 Å². The van der Waals surface area contributed by atoms with Crippen LogP contribution in [0.15, 0.2) is 48.8 Å². The first-order valence-electron chi connectivity index (χ1n) is 14.2. The van der Waals surface area contributed by atoms with Gasteiger partial charge in [0.15, 0.2) is 0 Å². The number of fused-ring (bicyclic) bond motifs is 3. The zero-order valence-corrected chi connectivity index (χ0v) is 23.9. The Bertz CT molecular complexity index is 1590. The molecule has 3 atom stereocenters. The van der Waals surface area contributed by atoms with Gasteiger partial charge in [-0.2, -0.15) is 0 Å². The number of nitrogens with zero attached hydrogens (tertiary/aromatic N) is 5. The summed E-state index contributed by atoms with van der Waals surface area (Å²) in [4.78, 5) is 19.6. The first kappa shape index (κ1) is 26.4. The third kappa shape index (κ3) is 4.35. The largest absolute Gasteiger partial charge is 0.489 e. The van der Waals surface area contributed by atoms with Crippen LogP contribution in [0.25, 0.3) is 11.0 Å². The lowest BCUT2D eigenvalue weighted by Gasteiger charge is -2.34. The number of ether oxygens (including phenoxy) is 1. The Morgan fingerprint density at radius 2 is 2.02 bits per heavy atom. The van der Waals surface area contributed by atoms with Crippen LogP contribution in [-0.2, 0) is 24.8 Å². The zero-order chi connectivity index (χ0) is 28.2. The number of pyridine rings is 1. The van der Waals surface area contributed by atoms with Gasteiger partial charge < -0.3 is 9.84 Å². The molecule has 0 spiro atoms. The fourth-order valence-corrected chi connectivity index (χ4v) is 6.69. The summed E-state index contributed by atoms with van der Waals surface area (Å²) in [5.41, 5.74) is 7.42. The predicted molar refractivity (Wildman–Crippen MR) is 153 cm³/mol. The summed E-state index contributed by atoms with van der Waals surface area (Å²) in [5.74, 6) is -0.258.